The quantitative estimate of drug-likeness (QED) is 0.762. The molecule has 0 N–H and O–H groups in total. The molecule has 4 heteroatoms. The fraction of sp³-hybridized carbons (Fsp3) is 0.389. The fourth-order valence-electron chi connectivity index (χ4n) is 2.33. The van der Waals surface area contributed by atoms with Crippen LogP contribution in [0, 0.1) is 0 Å². The summed E-state index contributed by atoms with van der Waals surface area (Å²) in [6, 6.07) is 11.9. The zero-order valence-corrected chi connectivity index (χ0v) is 13.6. The Labute approximate surface area is 131 Å². The number of nitrogens with zero attached hydrogens (tertiary/aromatic N) is 1. The largest absolute Gasteiger partial charge is 0.497 e. The van der Waals surface area contributed by atoms with Crippen molar-refractivity contribution in [2.24, 2.45) is 0 Å². The van der Waals surface area contributed by atoms with E-state index >= 15 is 0 Å². The number of hydroxylamine groups is 2. The van der Waals surface area contributed by atoms with Crippen molar-refractivity contribution in [1.29, 1.82) is 0 Å². The molecule has 0 aromatic heterocycles. The molecule has 2 aromatic carbocycles. The van der Waals surface area contributed by atoms with Crippen LogP contribution >= 0.6 is 0 Å². The molecule has 0 heterocycles. The summed E-state index contributed by atoms with van der Waals surface area (Å²) in [6.45, 7) is 7.17. The molecule has 22 heavy (non-hydrogen) atoms. The van der Waals surface area contributed by atoms with Crippen LogP contribution in [0.25, 0.3) is 10.8 Å². The van der Waals surface area contributed by atoms with Crippen LogP contribution in [-0.4, -0.2) is 31.2 Å². The van der Waals surface area contributed by atoms with Crippen molar-refractivity contribution >= 4 is 16.7 Å². The molecule has 0 fully saturated rings. The van der Waals surface area contributed by atoms with Crippen LogP contribution < -0.4 is 4.74 Å². The van der Waals surface area contributed by atoms with Gasteiger partial charge in [-0.15, -0.1) is 5.06 Å². The van der Waals surface area contributed by atoms with Crippen LogP contribution in [0.4, 0.5) is 0 Å². The lowest BCUT2D eigenvalue weighted by Crippen LogP contribution is -2.29. The molecule has 0 aliphatic heterocycles. The normalized spacial score (nSPS) is 12.4. The molecule has 2 rings (SSSR count). The van der Waals surface area contributed by atoms with Gasteiger partial charge in [-0.25, -0.2) is 4.79 Å². The smallest absolute Gasteiger partial charge is 0.332 e. The van der Waals surface area contributed by atoms with Crippen molar-refractivity contribution < 1.29 is 14.4 Å². The molecule has 0 aliphatic carbocycles. The minimum absolute atomic E-state index is 0.225. The van der Waals surface area contributed by atoms with E-state index in [0.29, 0.717) is 13.1 Å². The number of fused-ring (bicyclic) bond motifs is 1. The summed E-state index contributed by atoms with van der Waals surface area (Å²) in [4.78, 5) is 17.6. The molecule has 2 aromatic rings. The third-order valence-electron chi connectivity index (χ3n) is 3.85. The summed E-state index contributed by atoms with van der Waals surface area (Å²) in [5, 5.41) is 3.83. The zero-order chi connectivity index (χ0) is 16.1. The van der Waals surface area contributed by atoms with Gasteiger partial charge in [0.05, 0.1) is 13.0 Å². The summed E-state index contributed by atoms with van der Waals surface area (Å²) in [6.07, 6.45) is 0. The van der Waals surface area contributed by atoms with Gasteiger partial charge in [0.2, 0.25) is 0 Å². The molecular weight excluding hydrogens is 278 g/mol. The molecular formula is C18H23NO3. The van der Waals surface area contributed by atoms with Crippen LogP contribution in [-0.2, 0) is 9.63 Å². The number of ether oxygens (including phenoxy) is 1. The molecule has 0 spiro atoms. The van der Waals surface area contributed by atoms with Crippen molar-refractivity contribution in [2.45, 2.75) is 26.7 Å². The number of methoxy groups -OCH3 is 1. The van der Waals surface area contributed by atoms with E-state index in [2.05, 4.69) is 0 Å². The molecule has 4 nitrogen and oxygen atoms in total. The SMILES string of the molecule is CCN(CC)OC(=O)C(C)c1ccc2cc(OC)ccc2c1. The highest BCUT2D eigenvalue weighted by atomic mass is 16.7. The Morgan fingerprint density at radius 3 is 2.36 bits per heavy atom. The van der Waals surface area contributed by atoms with E-state index in [4.69, 9.17) is 9.57 Å². The molecule has 0 amide bonds. The van der Waals surface area contributed by atoms with E-state index in [-0.39, 0.29) is 11.9 Å². The highest BCUT2D eigenvalue weighted by molar-refractivity contribution is 5.86. The van der Waals surface area contributed by atoms with Crippen molar-refractivity contribution in [3.8, 4) is 5.75 Å². The van der Waals surface area contributed by atoms with E-state index in [0.717, 1.165) is 22.1 Å². The Morgan fingerprint density at radius 2 is 1.73 bits per heavy atom. The average Bonchev–Trinajstić information content (AvgIpc) is 2.57. The van der Waals surface area contributed by atoms with Crippen molar-refractivity contribution in [2.75, 3.05) is 20.2 Å². The minimum atomic E-state index is -0.299. The molecule has 1 atom stereocenters. The van der Waals surface area contributed by atoms with Crippen LogP contribution in [0.15, 0.2) is 36.4 Å². The van der Waals surface area contributed by atoms with Gasteiger partial charge in [0.1, 0.15) is 5.75 Å². The average molecular weight is 301 g/mol. The third-order valence-corrected chi connectivity index (χ3v) is 3.85. The lowest BCUT2D eigenvalue weighted by molar-refractivity contribution is -0.190. The van der Waals surface area contributed by atoms with Crippen molar-refractivity contribution in [3.05, 3.63) is 42.0 Å². The number of hydrogen-bond acceptors (Lipinski definition) is 4. The summed E-state index contributed by atoms with van der Waals surface area (Å²) in [5.41, 5.74) is 0.954. The predicted molar refractivity (Wildman–Crippen MR) is 87.9 cm³/mol. The first kappa shape index (κ1) is 16.3. The first-order valence-electron chi connectivity index (χ1n) is 7.63. The van der Waals surface area contributed by atoms with Crippen molar-refractivity contribution in [1.82, 2.24) is 5.06 Å². The minimum Gasteiger partial charge on any atom is -0.497 e. The van der Waals surface area contributed by atoms with Gasteiger partial charge in [0.15, 0.2) is 0 Å². The highest BCUT2D eigenvalue weighted by Gasteiger charge is 2.19. The summed E-state index contributed by atoms with van der Waals surface area (Å²) in [7, 11) is 1.65. The Hall–Kier alpha value is -2.07. The molecule has 0 radical (unpaired) electrons. The molecule has 0 saturated heterocycles. The highest BCUT2D eigenvalue weighted by Crippen LogP contribution is 2.25. The van der Waals surface area contributed by atoms with E-state index < -0.39 is 0 Å². The summed E-state index contributed by atoms with van der Waals surface area (Å²) < 4.78 is 5.23. The van der Waals surface area contributed by atoms with Gasteiger partial charge >= 0.3 is 5.97 Å². The van der Waals surface area contributed by atoms with Gasteiger partial charge in [-0.1, -0.05) is 24.3 Å². The summed E-state index contributed by atoms with van der Waals surface area (Å²) >= 11 is 0. The maximum absolute atomic E-state index is 12.2. The Bertz CT molecular complexity index is 650. The van der Waals surface area contributed by atoms with Gasteiger partial charge in [-0.05, 0) is 49.2 Å². The Kier molecular flexibility index (Phi) is 5.39. The molecule has 0 aliphatic rings. The van der Waals surface area contributed by atoms with Crippen LogP contribution in [0.2, 0.25) is 0 Å². The number of carbonyl (C=O) groups excluding carboxylic acids is 1. The molecule has 0 bridgehead atoms. The first-order chi connectivity index (χ1) is 10.6. The van der Waals surface area contributed by atoms with E-state index in [1.165, 1.54) is 0 Å². The lowest BCUT2D eigenvalue weighted by Gasteiger charge is -2.20. The Balaban J connectivity index is 2.21. The van der Waals surface area contributed by atoms with Gasteiger partial charge in [-0.2, -0.15) is 0 Å². The maximum atomic E-state index is 12.2. The fourth-order valence-corrected chi connectivity index (χ4v) is 2.33. The van der Waals surface area contributed by atoms with Crippen LogP contribution in [0.3, 0.4) is 0 Å². The number of benzene rings is 2. The Morgan fingerprint density at radius 1 is 1.09 bits per heavy atom. The van der Waals surface area contributed by atoms with Gasteiger partial charge < -0.3 is 9.57 Å². The molecule has 118 valence electrons. The first-order valence-corrected chi connectivity index (χ1v) is 7.63. The monoisotopic (exact) mass is 301 g/mol. The lowest BCUT2D eigenvalue weighted by atomic mass is 9.98. The van der Waals surface area contributed by atoms with E-state index in [1.54, 1.807) is 12.2 Å². The molecule has 0 saturated carbocycles. The topological polar surface area (TPSA) is 38.8 Å². The van der Waals surface area contributed by atoms with E-state index in [9.17, 15) is 4.79 Å². The zero-order valence-electron chi connectivity index (χ0n) is 13.6. The second kappa shape index (κ2) is 7.27. The van der Waals surface area contributed by atoms with Gasteiger partial charge in [-0.3, -0.25) is 0 Å². The number of carbonyl (C=O) groups is 1. The second-order valence-electron chi connectivity index (χ2n) is 5.22. The van der Waals surface area contributed by atoms with Gasteiger partial charge in [0.25, 0.3) is 0 Å². The summed E-state index contributed by atoms with van der Waals surface area (Å²) in [5.74, 6) is 0.304. The van der Waals surface area contributed by atoms with E-state index in [1.807, 2.05) is 57.2 Å². The van der Waals surface area contributed by atoms with Crippen LogP contribution in [0.1, 0.15) is 32.3 Å². The van der Waals surface area contributed by atoms with Crippen LogP contribution in [0.5, 0.6) is 5.75 Å². The predicted octanol–water partition coefficient (Wildman–Crippen LogP) is 3.75. The maximum Gasteiger partial charge on any atom is 0.332 e. The van der Waals surface area contributed by atoms with Gasteiger partial charge in [0, 0.05) is 13.1 Å². The number of hydrogen-bond donors (Lipinski definition) is 0. The number of rotatable bonds is 6. The standard InChI is InChI=1S/C18H23NO3/c1-5-19(6-2)22-18(20)13(3)14-7-8-16-12-17(21-4)10-9-15(16)11-14/h7-13H,5-6H2,1-4H3. The van der Waals surface area contributed by atoms with Crippen molar-refractivity contribution in [3.63, 3.8) is 0 Å². The third kappa shape index (κ3) is 3.57. The second-order valence-corrected chi connectivity index (χ2v) is 5.22. The molecule has 1 unspecified atom stereocenters.